The summed E-state index contributed by atoms with van der Waals surface area (Å²) in [5, 5.41) is 13.9. The first-order chi connectivity index (χ1) is 7.01. The van der Waals surface area contributed by atoms with E-state index in [9.17, 15) is 9.59 Å². The lowest BCUT2D eigenvalue weighted by Gasteiger charge is -2.16. The number of carbonyl (C=O) groups excluding carboxylic acids is 1. The van der Waals surface area contributed by atoms with E-state index in [0.717, 1.165) is 12.8 Å². The molecule has 0 aliphatic heterocycles. The first kappa shape index (κ1) is 13.7. The number of urea groups is 1. The second-order valence-electron chi connectivity index (χ2n) is 3.61. The predicted octanol–water partition coefficient (Wildman–Crippen LogP) is 1.19. The number of carboxylic acid groups (broad SMARTS) is 1. The van der Waals surface area contributed by atoms with Crippen LogP contribution in [0.25, 0.3) is 0 Å². The molecule has 0 bridgehead atoms. The number of nitrogens with one attached hydrogen (secondary N) is 2. The van der Waals surface area contributed by atoms with Gasteiger partial charge in [0.05, 0.1) is 5.92 Å². The van der Waals surface area contributed by atoms with E-state index >= 15 is 0 Å². The number of hydrogen-bond acceptors (Lipinski definition) is 2. The van der Waals surface area contributed by atoms with Crippen LogP contribution in [0.1, 0.15) is 33.6 Å². The molecule has 0 rings (SSSR count). The van der Waals surface area contributed by atoms with E-state index in [1.807, 2.05) is 13.8 Å². The van der Waals surface area contributed by atoms with Crippen molar-refractivity contribution in [3.8, 4) is 0 Å². The van der Waals surface area contributed by atoms with Gasteiger partial charge in [-0.25, -0.2) is 4.79 Å². The summed E-state index contributed by atoms with van der Waals surface area (Å²) < 4.78 is 0. The molecule has 5 nitrogen and oxygen atoms in total. The van der Waals surface area contributed by atoms with E-state index in [0.29, 0.717) is 0 Å². The Balaban J connectivity index is 3.79. The van der Waals surface area contributed by atoms with Gasteiger partial charge in [-0.2, -0.15) is 0 Å². The van der Waals surface area contributed by atoms with Gasteiger partial charge in [-0.15, -0.1) is 0 Å². The second-order valence-corrected chi connectivity index (χ2v) is 3.61. The van der Waals surface area contributed by atoms with Crippen LogP contribution in [-0.2, 0) is 4.79 Å². The maximum absolute atomic E-state index is 11.3. The number of hydrogen-bond donors (Lipinski definition) is 3. The second kappa shape index (κ2) is 7.09. The Bertz CT molecular complexity index is 215. The first-order valence-corrected chi connectivity index (χ1v) is 5.28. The van der Waals surface area contributed by atoms with Gasteiger partial charge in [-0.3, -0.25) is 4.79 Å². The van der Waals surface area contributed by atoms with E-state index in [1.54, 1.807) is 6.92 Å². The molecule has 5 heteroatoms. The molecule has 15 heavy (non-hydrogen) atoms. The van der Waals surface area contributed by atoms with E-state index in [2.05, 4.69) is 10.6 Å². The van der Waals surface area contributed by atoms with Crippen molar-refractivity contribution in [2.75, 3.05) is 6.54 Å². The smallest absolute Gasteiger partial charge is 0.315 e. The molecule has 0 aliphatic carbocycles. The molecular formula is C10H20N2O3. The van der Waals surface area contributed by atoms with Gasteiger partial charge in [0.2, 0.25) is 0 Å². The third-order valence-electron chi connectivity index (χ3n) is 2.31. The van der Waals surface area contributed by atoms with E-state index in [1.165, 1.54) is 0 Å². The normalized spacial score (nSPS) is 12.3. The summed E-state index contributed by atoms with van der Waals surface area (Å²) in [5.74, 6) is -1.46. The summed E-state index contributed by atoms with van der Waals surface area (Å²) in [6.45, 7) is 5.70. The van der Waals surface area contributed by atoms with Crippen molar-refractivity contribution >= 4 is 12.0 Å². The van der Waals surface area contributed by atoms with Gasteiger partial charge in [0.25, 0.3) is 0 Å². The Kier molecular flexibility index (Phi) is 6.49. The monoisotopic (exact) mass is 216 g/mol. The highest BCUT2D eigenvalue weighted by Gasteiger charge is 2.13. The third-order valence-corrected chi connectivity index (χ3v) is 2.31. The zero-order chi connectivity index (χ0) is 11.8. The van der Waals surface area contributed by atoms with Crippen molar-refractivity contribution in [1.82, 2.24) is 10.6 Å². The SMILES string of the molecule is CCC(CC)NC(=O)NCC(C)C(=O)O. The molecule has 88 valence electrons. The first-order valence-electron chi connectivity index (χ1n) is 5.28. The summed E-state index contributed by atoms with van der Waals surface area (Å²) >= 11 is 0. The van der Waals surface area contributed by atoms with Crippen LogP contribution in [0, 0.1) is 5.92 Å². The fourth-order valence-corrected chi connectivity index (χ4v) is 1.06. The number of aliphatic carboxylic acids is 1. The van der Waals surface area contributed by atoms with Crippen LogP contribution in [0.2, 0.25) is 0 Å². The van der Waals surface area contributed by atoms with Crippen LogP contribution in [0.3, 0.4) is 0 Å². The number of rotatable bonds is 6. The zero-order valence-electron chi connectivity index (χ0n) is 9.54. The van der Waals surface area contributed by atoms with Crippen molar-refractivity contribution in [2.45, 2.75) is 39.7 Å². The predicted molar refractivity (Wildman–Crippen MR) is 57.7 cm³/mol. The minimum Gasteiger partial charge on any atom is -0.481 e. The molecule has 0 aromatic heterocycles. The van der Waals surface area contributed by atoms with Crippen LogP contribution < -0.4 is 10.6 Å². The van der Waals surface area contributed by atoms with Gasteiger partial charge in [0.15, 0.2) is 0 Å². The van der Waals surface area contributed by atoms with Crippen molar-refractivity contribution < 1.29 is 14.7 Å². The molecule has 0 fully saturated rings. The van der Waals surface area contributed by atoms with Crippen LogP contribution in [0.15, 0.2) is 0 Å². The molecule has 0 aliphatic rings. The minimum atomic E-state index is -0.905. The zero-order valence-corrected chi connectivity index (χ0v) is 9.54. The Hall–Kier alpha value is -1.26. The molecule has 0 saturated carbocycles. The molecule has 0 aromatic rings. The third kappa shape index (κ3) is 5.93. The number of amides is 2. The molecule has 1 unspecified atom stereocenters. The van der Waals surface area contributed by atoms with Gasteiger partial charge in [0, 0.05) is 12.6 Å². The van der Waals surface area contributed by atoms with Gasteiger partial charge < -0.3 is 15.7 Å². The molecule has 0 radical (unpaired) electrons. The maximum atomic E-state index is 11.3. The highest BCUT2D eigenvalue weighted by molar-refractivity contribution is 5.75. The lowest BCUT2D eigenvalue weighted by atomic mass is 10.2. The van der Waals surface area contributed by atoms with Gasteiger partial charge in [-0.1, -0.05) is 20.8 Å². The molecule has 0 spiro atoms. The van der Waals surface area contributed by atoms with Crippen LogP contribution in [-0.4, -0.2) is 29.7 Å². The topological polar surface area (TPSA) is 78.4 Å². The van der Waals surface area contributed by atoms with Crippen LogP contribution >= 0.6 is 0 Å². The average Bonchev–Trinajstić information content (AvgIpc) is 2.22. The molecule has 0 heterocycles. The van der Waals surface area contributed by atoms with Crippen molar-refractivity contribution in [3.63, 3.8) is 0 Å². The maximum Gasteiger partial charge on any atom is 0.315 e. The highest BCUT2D eigenvalue weighted by atomic mass is 16.4. The Morgan fingerprint density at radius 2 is 1.80 bits per heavy atom. The molecule has 1 atom stereocenters. The van der Waals surface area contributed by atoms with Gasteiger partial charge in [0.1, 0.15) is 0 Å². The summed E-state index contributed by atoms with van der Waals surface area (Å²) in [7, 11) is 0. The fraction of sp³-hybridized carbons (Fsp3) is 0.800. The van der Waals surface area contributed by atoms with E-state index in [4.69, 9.17) is 5.11 Å². The van der Waals surface area contributed by atoms with Crippen LogP contribution in [0.5, 0.6) is 0 Å². The van der Waals surface area contributed by atoms with E-state index in [-0.39, 0.29) is 18.6 Å². The fourth-order valence-electron chi connectivity index (χ4n) is 1.06. The lowest BCUT2D eigenvalue weighted by molar-refractivity contribution is -0.140. The standard InChI is InChI=1S/C10H20N2O3/c1-4-8(5-2)12-10(15)11-6-7(3)9(13)14/h7-8H,4-6H2,1-3H3,(H,13,14)(H2,11,12,15). The van der Waals surface area contributed by atoms with E-state index < -0.39 is 11.9 Å². The summed E-state index contributed by atoms with van der Waals surface area (Å²) in [6.07, 6.45) is 1.75. The Morgan fingerprint density at radius 1 is 1.27 bits per heavy atom. The molecular weight excluding hydrogens is 196 g/mol. The quantitative estimate of drug-likeness (QED) is 0.624. The van der Waals surface area contributed by atoms with Gasteiger partial charge in [-0.05, 0) is 12.8 Å². The largest absolute Gasteiger partial charge is 0.481 e. The Morgan fingerprint density at radius 3 is 2.20 bits per heavy atom. The van der Waals surface area contributed by atoms with Crippen molar-refractivity contribution in [1.29, 1.82) is 0 Å². The van der Waals surface area contributed by atoms with Crippen molar-refractivity contribution in [3.05, 3.63) is 0 Å². The van der Waals surface area contributed by atoms with Crippen molar-refractivity contribution in [2.24, 2.45) is 5.92 Å². The molecule has 0 aromatic carbocycles. The summed E-state index contributed by atoms with van der Waals surface area (Å²) in [6, 6.07) is -0.137. The summed E-state index contributed by atoms with van der Waals surface area (Å²) in [5.41, 5.74) is 0. The van der Waals surface area contributed by atoms with Gasteiger partial charge >= 0.3 is 12.0 Å². The van der Waals surface area contributed by atoms with Crippen LogP contribution in [0.4, 0.5) is 4.79 Å². The number of carboxylic acids is 1. The highest BCUT2D eigenvalue weighted by Crippen LogP contribution is 1.96. The minimum absolute atomic E-state index is 0.154. The average molecular weight is 216 g/mol. The molecule has 3 N–H and O–H groups in total. The summed E-state index contributed by atoms with van der Waals surface area (Å²) in [4.78, 5) is 21.8. The molecule has 2 amide bonds. The lowest BCUT2D eigenvalue weighted by Crippen LogP contribution is -2.43. The Labute approximate surface area is 90.2 Å². The molecule has 0 saturated heterocycles. The number of carbonyl (C=O) groups is 2.